The zero-order valence-electron chi connectivity index (χ0n) is 11.9. The number of nitrogens with zero attached hydrogens (tertiary/aromatic N) is 2. The van der Waals surface area contributed by atoms with Crippen molar-refractivity contribution in [1.82, 2.24) is 9.97 Å². The smallest absolute Gasteiger partial charge is 0.224 e. The predicted octanol–water partition coefficient (Wildman–Crippen LogP) is 3.44. The molecule has 2 N–H and O–H groups in total. The molecular weight excluding hydrogens is 255 g/mol. The molecule has 4 nitrogen and oxygen atoms in total. The molecule has 0 aliphatic heterocycles. The largest absolute Gasteiger partial charge is 0.366 e. The van der Waals surface area contributed by atoms with Crippen LogP contribution < -0.4 is 10.6 Å². The highest BCUT2D eigenvalue weighted by molar-refractivity contribution is 5.41. The van der Waals surface area contributed by atoms with Crippen molar-refractivity contribution in [1.29, 1.82) is 0 Å². The molecule has 5 heteroatoms. The lowest BCUT2D eigenvalue weighted by molar-refractivity contribution is 0.626. The standard InChI is InChI=1S/C15H19FN4/c1-15(2,3)20-14-17-9-8-13(19-14)18-10-11-4-6-12(16)7-5-11/h4-9H,10H2,1-3H3,(H2,17,18,19,20). The third kappa shape index (κ3) is 4.50. The Labute approximate surface area is 118 Å². The first-order chi connectivity index (χ1) is 9.42. The second-order valence-electron chi connectivity index (χ2n) is 5.62. The van der Waals surface area contributed by atoms with Gasteiger partial charge in [-0.3, -0.25) is 0 Å². The Morgan fingerprint density at radius 3 is 2.45 bits per heavy atom. The van der Waals surface area contributed by atoms with Crippen LogP contribution in [0.4, 0.5) is 16.2 Å². The number of hydrogen-bond acceptors (Lipinski definition) is 4. The van der Waals surface area contributed by atoms with Crippen molar-refractivity contribution >= 4 is 11.8 Å². The molecule has 1 aromatic carbocycles. The van der Waals surface area contributed by atoms with Gasteiger partial charge in [0.2, 0.25) is 5.95 Å². The van der Waals surface area contributed by atoms with Gasteiger partial charge >= 0.3 is 0 Å². The van der Waals surface area contributed by atoms with Gasteiger partial charge in [0.1, 0.15) is 11.6 Å². The van der Waals surface area contributed by atoms with Crippen LogP contribution >= 0.6 is 0 Å². The molecule has 0 aliphatic carbocycles. The average molecular weight is 274 g/mol. The van der Waals surface area contributed by atoms with Gasteiger partial charge in [0.15, 0.2) is 0 Å². The van der Waals surface area contributed by atoms with E-state index in [4.69, 9.17) is 0 Å². The molecule has 0 bridgehead atoms. The molecule has 20 heavy (non-hydrogen) atoms. The summed E-state index contributed by atoms with van der Waals surface area (Å²) in [4.78, 5) is 8.56. The van der Waals surface area contributed by atoms with Gasteiger partial charge in [-0.25, -0.2) is 9.37 Å². The summed E-state index contributed by atoms with van der Waals surface area (Å²) in [5, 5.41) is 6.41. The maximum absolute atomic E-state index is 12.8. The van der Waals surface area contributed by atoms with Crippen molar-refractivity contribution in [3.05, 3.63) is 47.9 Å². The van der Waals surface area contributed by atoms with Crippen molar-refractivity contribution in [2.45, 2.75) is 32.9 Å². The summed E-state index contributed by atoms with van der Waals surface area (Å²) >= 11 is 0. The molecule has 2 rings (SSSR count). The lowest BCUT2D eigenvalue weighted by Gasteiger charge is -2.20. The fourth-order valence-corrected chi connectivity index (χ4v) is 1.65. The van der Waals surface area contributed by atoms with Crippen LogP contribution in [0.15, 0.2) is 36.5 Å². The lowest BCUT2D eigenvalue weighted by atomic mass is 10.1. The number of benzene rings is 1. The molecule has 0 saturated carbocycles. The van der Waals surface area contributed by atoms with Gasteiger partial charge in [0.25, 0.3) is 0 Å². The van der Waals surface area contributed by atoms with Gasteiger partial charge < -0.3 is 10.6 Å². The third-order valence-corrected chi connectivity index (χ3v) is 2.53. The summed E-state index contributed by atoms with van der Waals surface area (Å²) < 4.78 is 12.8. The quantitative estimate of drug-likeness (QED) is 0.896. The van der Waals surface area contributed by atoms with E-state index in [0.717, 1.165) is 11.4 Å². The molecule has 0 radical (unpaired) electrons. The molecule has 0 saturated heterocycles. The van der Waals surface area contributed by atoms with Crippen molar-refractivity contribution in [2.24, 2.45) is 0 Å². The fraction of sp³-hybridized carbons (Fsp3) is 0.333. The minimum atomic E-state index is -0.229. The zero-order chi connectivity index (χ0) is 14.6. The van der Waals surface area contributed by atoms with E-state index in [9.17, 15) is 4.39 Å². The Hall–Kier alpha value is -2.17. The molecule has 0 aliphatic rings. The molecule has 106 valence electrons. The molecule has 0 atom stereocenters. The molecule has 1 aromatic heterocycles. The third-order valence-electron chi connectivity index (χ3n) is 2.53. The van der Waals surface area contributed by atoms with Crippen LogP contribution in [0.3, 0.4) is 0 Å². The lowest BCUT2D eigenvalue weighted by Crippen LogP contribution is -2.27. The first-order valence-electron chi connectivity index (χ1n) is 6.52. The first-order valence-corrected chi connectivity index (χ1v) is 6.52. The van der Waals surface area contributed by atoms with E-state index >= 15 is 0 Å². The van der Waals surface area contributed by atoms with E-state index in [1.54, 1.807) is 24.4 Å². The number of rotatable bonds is 4. The normalized spacial score (nSPS) is 11.2. The van der Waals surface area contributed by atoms with Gasteiger partial charge in [-0.15, -0.1) is 0 Å². The number of aromatic nitrogens is 2. The SMILES string of the molecule is CC(C)(C)Nc1nccc(NCc2ccc(F)cc2)n1. The molecule has 0 amide bonds. The van der Waals surface area contributed by atoms with Crippen LogP contribution in [0.25, 0.3) is 0 Å². The van der Waals surface area contributed by atoms with Gasteiger partial charge in [-0.05, 0) is 44.5 Å². The van der Waals surface area contributed by atoms with E-state index in [2.05, 4.69) is 41.4 Å². The zero-order valence-corrected chi connectivity index (χ0v) is 11.9. The maximum Gasteiger partial charge on any atom is 0.224 e. The van der Waals surface area contributed by atoms with Crippen molar-refractivity contribution in [2.75, 3.05) is 10.6 Å². The molecule has 0 spiro atoms. The Kier molecular flexibility index (Phi) is 4.17. The van der Waals surface area contributed by atoms with Crippen LogP contribution in [0.1, 0.15) is 26.3 Å². The van der Waals surface area contributed by atoms with E-state index in [1.165, 1.54) is 12.1 Å². The monoisotopic (exact) mass is 274 g/mol. The van der Waals surface area contributed by atoms with E-state index in [-0.39, 0.29) is 11.4 Å². The topological polar surface area (TPSA) is 49.8 Å². The highest BCUT2D eigenvalue weighted by atomic mass is 19.1. The second kappa shape index (κ2) is 5.86. The number of hydrogen-bond donors (Lipinski definition) is 2. The fourth-order valence-electron chi connectivity index (χ4n) is 1.65. The van der Waals surface area contributed by atoms with Gasteiger partial charge in [-0.1, -0.05) is 12.1 Å². The highest BCUT2D eigenvalue weighted by Crippen LogP contribution is 2.12. The summed E-state index contributed by atoms with van der Waals surface area (Å²) in [6.07, 6.45) is 1.70. The summed E-state index contributed by atoms with van der Waals surface area (Å²) in [5.74, 6) is 1.09. The van der Waals surface area contributed by atoms with E-state index in [1.807, 2.05) is 0 Å². The average Bonchev–Trinajstić information content (AvgIpc) is 2.36. The predicted molar refractivity (Wildman–Crippen MR) is 79.1 cm³/mol. The van der Waals surface area contributed by atoms with Gasteiger partial charge in [-0.2, -0.15) is 4.98 Å². The summed E-state index contributed by atoms with van der Waals surface area (Å²) in [6.45, 7) is 6.74. The number of halogens is 1. The summed E-state index contributed by atoms with van der Waals surface area (Å²) in [6, 6.07) is 8.19. The van der Waals surface area contributed by atoms with Crippen LogP contribution in [0.2, 0.25) is 0 Å². The van der Waals surface area contributed by atoms with Crippen molar-refractivity contribution in [3.8, 4) is 0 Å². The molecule has 0 fully saturated rings. The maximum atomic E-state index is 12.8. The number of nitrogens with one attached hydrogen (secondary N) is 2. The summed E-state index contributed by atoms with van der Waals surface area (Å²) in [5.41, 5.74) is 0.908. The summed E-state index contributed by atoms with van der Waals surface area (Å²) in [7, 11) is 0. The molecule has 2 aromatic rings. The van der Waals surface area contributed by atoms with Crippen LogP contribution in [-0.2, 0) is 6.54 Å². The van der Waals surface area contributed by atoms with Crippen LogP contribution in [-0.4, -0.2) is 15.5 Å². The van der Waals surface area contributed by atoms with Crippen molar-refractivity contribution in [3.63, 3.8) is 0 Å². The molecular formula is C15H19FN4. The van der Waals surface area contributed by atoms with Crippen LogP contribution in [0.5, 0.6) is 0 Å². The van der Waals surface area contributed by atoms with E-state index < -0.39 is 0 Å². The molecule has 1 heterocycles. The Bertz CT molecular complexity index is 561. The highest BCUT2D eigenvalue weighted by Gasteiger charge is 2.11. The van der Waals surface area contributed by atoms with E-state index in [0.29, 0.717) is 12.5 Å². The van der Waals surface area contributed by atoms with Crippen molar-refractivity contribution < 1.29 is 4.39 Å². The Balaban J connectivity index is 1.99. The first kappa shape index (κ1) is 14.2. The number of anilines is 2. The van der Waals surface area contributed by atoms with Gasteiger partial charge in [0, 0.05) is 18.3 Å². The Morgan fingerprint density at radius 2 is 1.80 bits per heavy atom. The minimum absolute atomic E-state index is 0.0877. The molecule has 0 unspecified atom stereocenters. The van der Waals surface area contributed by atoms with Crippen LogP contribution in [0, 0.1) is 5.82 Å². The minimum Gasteiger partial charge on any atom is -0.366 e. The van der Waals surface area contributed by atoms with Gasteiger partial charge in [0.05, 0.1) is 0 Å². The second-order valence-corrected chi connectivity index (χ2v) is 5.62. The Morgan fingerprint density at radius 1 is 1.10 bits per heavy atom.